The summed E-state index contributed by atoms with van der Waals surface area (Å²) in [5, 5.41) is 15.1. The Labute approximate surface area is 113 Å². The molecule has 1 aliphatic rings. The molecule has 1 aromatic carbocycles. The smallest absolute Gasteiger partial charge is 0.170 e. The van der Waals surface area contributed by atoms with Crippen LogP contribution in [0.4, 0.5) is 0 Å². The van der Waals surface area contributed by atoms with Crippen LogP contribution in [-0.2, 0) is 11.3 Å². The van der Waals surface area contributed by atoms with Gasteiger partial charge < -0.3 is 21.0 Å². The van der Waals surface area contributed by atoms with Gasteiger partial charge in [0.25, 0.3) is 0 Å². The maximum atomic E-state index is 8.66. The standard InChI is InChI=1S/C14H21N3O2/c15-14(17-18)12-5-3-4-11(8-12)9-16-10-13-6-1-2-7-19-13/h3-5,8,13,16,18H,1-2,6-7,9-10H2,(H2,15,17). The summed E-state index contributed by atoms with van der Waals surface area (Å²) in [6, 6.07) is 7.66. The van der Waals surface area contributed by atoms with Gasteiger partial charge in [0.2, 0.25) is 0 Å². The minimum absolute atomic E-state index is 0.137. The molecule has 5 nitrogen and oxygen atoms in total. The number of nitrogens with two attached hydrogens (primary N) is 1. The molecule has 4 N–H and O–H groups in total. The van der Waals surface area contributed by atoms with Gasteiger partial charge in [-0.1, -0.05) is 23.4 Å². The number of benzene rings is 1. The largest absolute Gasteiger partial charge is 0.409 e. The quantitative estimate of drug-likeness (QED) is 0.325. The van der Waals surface area contributed by atoms with Crippen molar-refractivity contribution in [3.63, 3.8) is 0 Å². The zero-order valence-electron chi connectivity index (χ0n) is 11.0. The molecule has 5 heteroatoms. The van der Waals surface area contributed by atoms with Gasteiger partial charge in [-0.2, -0.15) is 0 Å². The highest BCUT2D eigenvalue weighted by Crippen LogP contribution is 2.12. The fourth-order valence-corrected chi connectivity index (χ4v) is 2.24. The summed E-state index contributed by atoms with van der Waals surface area (Å²) in [6.45, 7) is 2.51. The summed E-state index contributed by atoms with van der Waals surface area (Å²) in [6.07, 6.45) is 3.90. The van der Waals surface area contributed by atoms with Crippen molar-refractivity contribution in [2.45, 2.75) is 31.9 Å². The van der Waals surface area contributed by atoms with E-state index in [1.54, 1.807) is 0 Å². The Bertz CT molecular complexity index is 428. The van der Waals surface area contributed by atoms with E-state index in [0.717, 1.165) is 37.2 Å². The number of hydrogen-bond acceptors (Lipinski definition) is 4. The predicted octanol–water partition coefficient (Wildman–Crippen LogP) is 1.44. The first-order valence-corrected chi connectivity index (χ1v) is 6.69. The number of nitrogens with zero attached hydrogens (tertiary/aromatic N) is 1. The average molecular weight is 263 g/mol. The van der Waals surface area contributed by atoms with Crippen LogP contribution in [0.3, 0.4) is 0 Å². The first kappa shape index (κ1) is 13.8. The van der Waals surface area contributed by atoms with Crippen molar-refractivity contribution in [1.82, 2.24) is 5.32 Å². The lowest BCUT2D eigenvalue weighted by Crippen LogP contribution is -2.31. The van der Waals surface area contributed by atoms with Crippen LogP contribution in [0.2, 0.25) is 0 Å². The molecule has 1 atom stereocenters. The molecule has 0 spiro atoms. The van der Waals surface area contributed by atoms with Crippen molar-refractivity contribution in [3.05, 3.63) is 35.4 Å². The molecule has 19 heavy (non-hydrogen) atoms. The molecule has 1 unspecified atom stereocenters. The third-order valence-corrected chi connectivity index (χ3v) is 3.31. The maximum Gasteiger partial charge on any atom is 0.170 e. The summed E-state index contributed by atoms with van der Waals surface area (Å²) in [5.41, 5.74) is 7.41. The Morgan fingerprint density at radius 2 is 2.37 bits per heavy atom. The zero-order chi connectivity index (χ0) is 13.5. The van der Waals surface area contributed by atoms with Crippen LogP contribution in [-0.4, -0.2) is 30.3 Å². The minimum Gasteiger partial charge on any atom is -0.409 e. The van der Waals surface area contributed by atoms with Crippen LogP contribution >= 0.6 is 0 Å². The van der Waals surface area contributed by atoms with E-state index in [9.17, 15) is 0 Å². The van der Waals surface area contributed by atoms with Gasteiger partial charge in [-0.05, 0) is 30.9 Å². The molecule has 1 aromatic rings. The average Bonchev–Trinajstić information content (AvgIpc) is 2.48. The fourth-order valence-electron chi connectivity index (χ4n) is 2.24. The summed E-state index contributed by atoms with van der Waals surface area (Å²) < 4.78 is 5.66. The molecule has 0 bridgehead atoms. The molecule has 2 rings (SSSR count). The maximum absolute atomic E-state index is 8.66. The number of nitrogens with one attached hydrogen (secondary N) is 1. The van der Waals surface area contributed by atoms with Gasteiger partial charge in [0, 0.05) is 25.3 Å². The lowest BCUT2D eigenvalue weighted by atomic mass is 10.1. The normalized spacial score (nSPS) is 20.4. The lowest BCUT2D eigenvalue weighted by molar-refractivity contribution is 0.0168. The Hall–Kier alpha value is -1.59. The van der Waals surface area contributed by atoms with Crippen molar-refractivity contribution in [3.8, 4) is 0 Å². The highest BCUT2D eigenvalue weighted by atomic mass is 16.5. The van der Waals surface area contributed by atoms with Crippen LogP contribution in [0.25, 0.3) is 0 Å². The number of oxime groups is 1. The van der Waals surface area contributed by atoms with Crippen molar-refractivity contribution in [1.29, 1.82) is 0 Å². The van der Waals surface area contributed by atoms with Crippen LogP contribution < -0.4 is 11.1 Å². The SMILES string of the molecule is NC(=NO)c1cccc(CNCC2CCCCO2)c1. The van der Waals surface area contributed by atoms with Gasteiger partial charge in [-0.15, -0.1) is 0 Å². The topological polar surface area (TPSA) is 79.9 Å². The van der Waals surface area contributed by atoms with Gasteiger partial charge in [-0.3, -0.25) is 0 Å². The molecule has 104 valence electrons. The van der Waals surface area contributed by atoms with E-state index in [4.69, 9.17) is 15.7 Å². The van der Waals surface area contributed by atoms with E-state index in [-0.39, 0.29) is 5.84 Å². The Morgan fingerprint density at radius 1 is 1.47 bits per heavy atom. The summed E-state index contributed by atoms with van der Waals surface area (Å²) in [5.74, 6) is 0.137. The number of rotatable bonds is 5. The molecule has 1 heterocycles. The van der Waals surface area contributed by atoms with Crippen LogP contribution in [0.1, 0.15) is 30.4 Å². The first-order chi connectivity index (χ1) is 9.29. The Balaban J connectivity index is 1.82. The summed E-state index contributed by atoms with van der Waals surface area (Å²) in [7, 11) is 0. The van der Waals surface area contributed by atoms with Crippen molar-refractivity contribution in [2.75, 3.05) is 13.2 Å². The van der Waals surface area contributed by atoms with E-state index >= 15 is 0 Å². The van der Waals surface area contributed by atoms with E-state index in [2.05, 4.69) is 10.5 Å². The third kappa shape index (κ3) is 4.22. The van der Waals surface area contributed by atoms with Crippen molar-refractivity contribution >= 4 is 5.84 Å². The molecule has 0 amide bonds. The highest BCUT2D eigenvalue weighted by Gasteiger charge is 2.12. The number of ether oxygens (including phenoxy) is 1. The van der Waals surface area contributed by atoms with Crippen molar-refractivity contribution in [2.24, 2.45) is 10.9 Å². The van der Waals surface area contributed by atoms with Crippen LogP contribution in [0, 0.1) is 0 Å². The monoisotopic (exact) mass is 263 g/mol. The Morgan fingerprint density at radius 3 is 3.11 bits per heavy atom. The minimum atomic E-state index is 0.137. The highest BCUT2D eigenvalue weighted by molar-refractivity contribution is 5.97. The van der Waals surface area contributed by atoms with Crippen LogP contribution in [0.15, 0.2) is 29.4 Å². The second kappa shape index (κ2) is 7.11. The number of hydrogen-bond donors (Lipinski definition) is 3. The van der Waals surface area contributed by atoms with E-state index in [1.165, 1.54) is 12.8 Å². The fraction of sp³-hybridized carbons (Fsp3) is 0.500. The molecule has 0 aromatic heterocycles. The van der Waals surface area contributed by atoms with Gasteiger partial charge in [0.05, 0.1) is 6.10 Å². The second-order valence-corrected chi connectivity index (χ2v) is 4.81. The molecule has 1 saturated heterocycles. The molecular formula is C14H21N3O2. The zero-order valence-corrected chi connectivity index (χ0v) is 11.0. The molecule has 0 saturated carbocycles. The van der Waals surface area contributed by atoms with E-state index in [1.807, 2.05) is 24.3 Å². The lowest BCUT2D eigenvalue weighted by Gasteiger charge is -2.22. The molecule has 1 fully saturated rings. The van der Waals surface area contributed by atoms with E-state index < -0.39 is 0 Å². The van der Waals surface area contributed by atoms with Gasteiger partial charge in [0.15, 0.2) is 5.84 Å². The molecule has 0 aliphatic carbocycles. The van der Waals surface area contributed by atoms with Crippen molar-refractivity contribution < 1.29 is 9.94 Å². The van der Waals surface area contributed by atoms with Gasteiger partial charge >= 0.3 is 0 Å². The predicted molar refractivity (Wildman–Crippen MR) is 74.3 cm³/mol. The molecule has 1 aliphatic heterocycles. The molecule has 0 radical (unpaired) electrons. The van der Waals surface area contributed by atoms with Crippen LogP contribution in [0.5, 0.6) is 0 Å². The summed E-state index contributed by atoms with van der Waals surface area (Å²) >= 11 is 0. The first-order valence-electron chi connectivity index (χ1n) is 6.69. The molecular weight excluding hydrogens is 242 g/mol. The van der Waals surface area contributed by atoms with Gasteiger partial charge in [-0.25, -0.2) is 0 Å². The summed E-state index contributed by atoms with van der Waals surface area (Å²) in [4.78, 5) is 0. The number of amidine groups is 1. The van der Waals surface area contributed by atoms with Gasteiger partial charge in [0.1, 0.15) is 0 Å². The van der Waals surface area contributed by atoms with E-state index in [0.29, 0.717) is 6.10 Å². The second-order valence-electron chi connectivity index (χ2n) is 4.81. The third-order valence-electron chi connectivity index (χ3n) is 3.31. The Kier molecular flexibility index (Phi) is 5.18.